The van der Waals surface area contributed by atoms with Crippen molar-refractivity contribution in [2.75, 3.05) is 0 Å². The number of nitrogens with zero attached hydrogens (tertiary/aromatic N) is 5. The van der Waals surface area contributed by atoms with Crippen LogP contribution in [0.2, 0.25) is 0 Å². The van der Waals surface area contributed by atoms with Crippen LogP contribution in [-0.4, -0.2) is 9.13 Å². The van der Waals surface area contributed by atoms with Crippen LogP contribution in [0.15, 0.2) is 170 Å². The Bertz CT molecular complexity index is 3530. The molecule has 0 fully saturated rings. The van der Waals surface area contributed by atoms with E-state index in [0.29, 0.717) is 49.9 Å². The van der Waals surface area contributed by atoms with Gasteiger partial charge in [0.2, 0.25) is 0 Å². The van der Waals surface area contributed by atoms with Crippen molar-refractivity contribution in [3.8, 4) is 63.0 Å². The van der Waals surface area contributed by atoms with Crippen LogP contribution in [0.3, 0.4) is 0 Å². The molecule has 0 aliphatic carbocycles. The van der Waals surface area contributed by atoms with Crippen LogP contribution in [0.25, 0.3) is 88.4 Å². The number of benzene rings is 8. The second-order valence-corrected chi connectivity index (χ2v) is 14.6. The number of fused-ring (bicyclic) bond motifs is 6. The summed E-state index contributed by atoms with van der Waals surface area (Å²) in [7, 11) is 0. The molecule has 0 atom stereocenters. The lowest BCUT2D eigenvalue weighted by Gasteiger charge is -2.22. The van der Waals surface area contributed by atoms with E-state index < -0.39 is 11.7 Å². The first-order valence-corrected chi connectivity index (χ1v) is 19.1. The van der Waals surface area contributed by atoms with Crippen molar-refractivity contribution in [1.82, 2.24) is 9.13 Å². The number of para-hydroxylation sites is 2. The molecule has 60 heavy (non-hydrogen) atoms. The van der Waals surface area contributed by atoms with Gasteiger partial charge in [0.05, 0.1) is 73.9 Å². The van der Waals surface area contributed by atoms with Gasteiger partial charge < -0.3 is 9.13 Å². The van der Waals surface area contributed by atoms with Crippen LogP contribution >= 0.6 is 0 Å². The Kier molecular flexibility index (Phi) is 8.35. The molecule has 0 saturated heterocycles. The van der Waals surface area contributed by atoms with E-state index >= 15 is 13.2 Å². The summed E-state index contributed by atoms with van der Waals surface area (Å²) < 4.78 is 51.2. The summed E-state index contributed by atoms with van der Waals surface area (Å²) >= 11 is 0. The summed E-state index contributed by atoms with van der Waals surface area (Å²) in [6, 6.07) is 57.4. The first-order chi connectivity index (χ1) is 29.3. The molecule has 0 aliphatic rings. The fourth-order valence-corrected chi connectivity index (χ4v) is 8.63. The third kappa shape index (κ3) is 5.69. The molecule has 2 heterocycles. The van der Waals surface area contributed by atoms with Crippen molar-refractivity contribution in [3.63, 3.8) is 0 Å². The Morgan fingerprint density at radius 2 is 0.867 bits per heavy atom. The summed E-state index contributed by atoms with van der Waals surface area (Å²) in [4.78, 5) is 0. The minimum absolute atomic E-state index is 0.0730. The van der Waals surface area contributed by atoms with Crippen LogP contribution < -0.4 is 0 Å². The summed E-state index contributed by atoms with van der Waals surface area (Å²) in [6.07, 6.45) is -4.80. The zero-order valence-electron chi connectivity index (χ0n) is 31.5. The third-order valence-corrected chi connectivity index (χ3v) is 11.3. The Morgan fingerprint density at radius 3 is 1.40 bits per heavy atom. The van der Waals surface area contributed by atoms with E-state index in [-0.39, 0.29) is 11.4 Å². The van der Waals surface area contributed by atoms with E-state index in [0.717, 1.165) is 43.8 Å². The van der Waals surface area contributed by atoms with Gasteiger partial charge in [0.1, 0.15) is 0 Å². The van der Waals surface area contributed by atoms with Gasteiger partial charge in [-0.2, -0.15) is 29.0 Å². The third-order valence-electron chi connectivity index (χ3n) is 11.3. The van der Waals surface area contributed by atoms with Gasteiger partial charge in [-0.15, -0.1) is 0 Å². The first kappa shape index (κ1) is 36.0. The molecule has 0 aliphatic heterocycles. The maximum absolute atomic E-state index is 15.9. The maximum atomic E-state index is 15.9. The molecule has 0 saturated carbocycles. The van der Waals surface area contributed by atoms with E-state index in [4.69, 9.17) is 0 Å². The average molecular weight is 780 g/mol. The normalized spacial score (nSPS) is 11.5. The maximum Gasteiger partial charge on any atom is 0.418 e. The lowest BCUT2D eigenvalue weighted by Crippen LogP contribution is -2.13. The van der Waals surface area contributed by atoms with Crippen LogP contribution in [-0.2, 0) is 6.18 Å². The topological polar surface area (TPSA) is 81.2 Å². The SMILES string of the molecule is N#Cc1cccc(-c2cc(-n3c4ccccc4c4cc(-c5ccccc5C#N)ccc43)c(C(F)(F)F)cc2-n2c3ccccc3c3cc(-c4ccccc4C#N)ccc32)c1. The van der Waals surface area contributed by atoms with Gasteiger partial charge >= 0.3 is 6.18 Å². The van der Waals surface area contributed by atoms with Gasteiger partial charge in [-0.3, -0.25) is 0 Å². The largest absolute Gasteiger partial charge is 0.418 e. The fraction of sp³-hybridized carbons (Fsp3) is 0.0192. The zero-order valence-corrected chi connectivity index (χ0v) is 31.5. The highest BCUT2D eigenvalue weighted by Crippen LogP contribution is 2.46. The Balaban J connectivity index is 1.30. The molecule has 8 heteroatoms. The number of hydrogen-bond acceptors (Lipinski definition) is 3. The molecule has 2 aromatic heterocycles. The molecule has 0 radical (unpaired) electrons. The number of nitriles is 3. The fourth-order valence-electron chi connectivity index (χ4n) is 8.63. The number of halogens is 3. The molecule has 8 aromatic carbocycles. The predicted molar refractivity (Wildman–Crippen MR) is 231 cm³/mol. The van der Waals surface area contributed by atoms with E-state index in [1.807, 2.05) is 126 Å². The standard InChI is InChI=1S/C52H28F3N5/c53-52(54,55)45-28-50(59-46-18-7-5-16-40(46)43-25-34(20-22-48(43)59)38-14-3-1-11-36(38)30-57)42(33-13-9-10-32(24-33)29-56)27-51(45)60-47-19-8-6-17-41(47)44-26-35(21-23-49(44)60)39-15-4-2-12-37(39)31-58/h1-28H. The molecule has 0 N–H and O–H groups in total. The van der Waals surface area contributed by atoms with Crippen molar-refractivity contribution in [2.24, 2.45) is 0 Å². The van der Waals surface area contributed by atoms with Crippen molar-refractivity contribution >= 4 is 43.6 Å². The minimum Gasteiger partial charge on any atom is -0.309 e. The highest BCUT2D eigenvalue weighted by Gasteiger charge is 2.37. The monoisotopic (exact) mass is 779 g/mol. The van der Waals surface area contributed by atoms with Crippen LogP contribution in [0.5, 0.6) is 0 Å². The summed E-state index contributed by atoms with van der Waals surface area (Å²) in [5.41, 5.74) is 7.37. The van der Waals surface area contributed by atoms with E-state index in [2.05, 4.69) is 18.2 Å². The van der Waals surface area contributed by atoms with Crippen LogP contribution in [0.1, 0.15) is 22.3 Å². The van der Waals surface area contributed by atoms with Gasteiger partial charge in [-0.25, -0.2) is 0 Å². The quantitative estimate of drug-likeness (QED) is 0.174. The van der Waals surface area contributed by atoms with E-state index in [9.17, 15) is 15.8 Å². The lowest BCUT2D eigenvalue weighted by atomic mass is 9.97. The molecule has 0 bridgehead atoms. The van der Waals surface area contributed by atoms with Gasteiger partial charge in [-0.05, 0) is 101 Å². The second kappa shape index (κ2) is 13.9. The molecule has 10 aromatic rings. The first-order valence-electron chi connectivity index (χ1n) is 19.1. The highest BCUT2D eigenvalue weighted by atomic mass is 19.4. The number of rotatable bonds is 5. The van der Waals surface area contributed by atoms with Crippen molar-refractivity contribution < 1.29 is 13.2 Å². The Morgan fingerprint density at radius 1 is 0.383 bits per heavy atom. The Labute approximate surface area is 341 Å². The Hall–Kier alpha value is -8.38. The second-order valence-electron chi connectivity index (χ2n) is 14.6. The van der Waals surface area contributed by atoms with E-state index in [1.165, 1.54) is 6.07 Å². The number of alkyl halides is 3. The molecule has 0 amide bonds. The summed E-state index contributed by atoms with van der Waals surface area (Å²) in [5, 5.41) is 32.9. The number of hydrogen-bond donors (Lipinski definition) is 0. The van der Waals surface area contributed by atoms with Gasteiger partial charge in [0.15, 0.2) is 0 Å². The highest BCUT2D eigenvalue weighted by molar-refractivity contribution is 6.12. The molecule has 10 rings (SSSR count). The van der Waals surface area contributed by atoms with Gasteiger partial charge in [0, 0.05) is 27.1 Å². The summed E-state index contributed by atoms with van der Waals surface area (Å²) in [6.45, 7) is 0. The lowest BCUT2D eigenvalue weighted by molar-refractivity contribution is -0.137. The molecular weight excluding hydrogens is 752 g/mol. The van der Waals surface area contributed by atoms with Crippen molar-refractivity contribution in [2.45, 2.75) is 6.18 Å². The predicted octanol–water partition coefficient (Wildman–Crippen LogP) is 13.5. The minimum atomic E-state index is -4.80. The molecule has 0 spiro atoms. The molecule has 282 valence electrons. The smallest absolute Gasteiger partial charge is 0.309 e. The van der Waals surface area contributed by atoms with E-state index in [1.54, 1.807) is 47.0 Å². The van der Waals surface area contributed by atoms with Gasteiger partial charge in [0.25, 0.3) is 0 Å². The molecular formula is C52H28F3N5. The van der Waals surface area contributed by atoms with Crippen molar-refractivity contribution in [3.05, 3.63) is 192 Å². The van der Waals surface area contributed by atoms with Crippen LogP contribution in [0, 0.1) is 34.0 Å². The average Bonchev–Trinajstić information content (AvgIpc) is 3.80. The van der Waals surface area contributed by atoms with Crippen molar-refractivity contribution in [1.29, 1.82) is 15.8 Å². The van der Waals surface area contributed by atoms with Gasteiger partial charge in [-0.1, -0.05) is 97.1 Å². The molecule has 5 nitrogen and oxygen atoms in total. The summed E-state index contributed by atoms with van der Waals surface area (Å²) in [5.74, 6) is 0. The number of aromatic nitrogens is 2. The molecule has 0 unspecified atom stereocenters. The zero-order chi connectivity index (χ0) is 41.1. The van der Waals surface area contributed by atoms with Crippen LogP contribution in [0.4, 0.5) is 13.2 Å².